The molecule has 4 aromatic rings. The standard InChI is InChI=1S/C18H18N4/c1-22(11-15-9-12-4-2-3-5-16(12)20-15)18-10-13-8-14(19)6-7-17(13)21-18/h2-10,20-21H,11,19H2,1H3. The van der Waals surface area contributed by atoms with Gasteiger partial charge in [-0.1, -0.05) is 18.2 Å². The maximum Gasteiger partial charge on any atom is 0.107 e. The van der Waals surface area contributed by atoms with E-state index in [0.29, 0.717) is 0 Å². The maximum absolute atomic E-state index is 5.84. The highest BCUT2D eigenvalue weighted by Crippen LogP contribution is 2.24. The Morgan fingerprint density at radius 3 is 2.59 bits per heavy atom. The third kappa shape index (κ3) is 2.19. The fourth-order valence-corrected chi connectivity index (χ4v) is 2.90. The van der Waals surface area contributed by atoms with Crippen LogP contribution in [-0.4, -0.2) is 17.0 Å². The summed E-state index contributed by atoms with van der Waals surface area (Å²) in [6, 6.07) is 18.6. The largest absolute Gasteiger partial charge is 0.399 e. The van der Waals surface area contributed by atoms with E-state index in [-0.39, 0.29) is 0 Å². The van der Waals surface area contributed by atoms with Gasteiger partial charge >= 0.3 is 0 Å². The van der Waals surface area contributed by atoms with E-state index < -0.39 is 0 Å². The zero-order chi connectivity index (χ0) is 15.1. The first kappa shape index (κ1) is 12.8. The van der Waals surface area contributed by atoms with Gasteiger partial charge in [0.15, 0.2) is 0 Å². The third-order valence-electron chi connectivity index (χ3n) is 4.04. The molecular formula is C18H18N4. The van der Waals surface area contributed by atoms with Crippen LogP contribution in [0.25, 0.3) is 21.8 Å². The first-order valence-corrected chi connectivity index (χ1v) is 7.35. The highest BCUT2D eigenvalue weighted by molar-refractivity contribution is 5.86. The van der Waals surface area contributed by atoms with E-state index in [0.717, 1.165) is 29.0 Å². The lowest BCUT2D eigenvalue weighted by Crippen LogP contribution is -2.16. The summed E-state index contributed by atoms with van der Waals surface area (Å²) in [6.45, 7) is 0.816. The van der Waals surface area contributed by atoms with Crippen molar-refractivity contribution >= 4 is 33.3 Å². The van der Waals surface area contributed by atoms with E-state index in [1.165, 1.54) is 16.6 Å². The molecule has 4 N–H and O–H groups in total. The number of hydrogen-bond donors (Lipinski definition) is 3. The Bertz CT molecular complexity index is 915. The number of hydrogen-bond acceptors (Lipinski definition) is 2. The minimum atomic E-state index is 0.788. The molecule has 110 valence electrons. The van der Waals surface area contributed by atoms with Gasteiger partial charge in [-0.3, -0.25) is 0 Å². The van der Waals surface area contributed by atoms with Crippen molar-refractivity contribution in [2.24, 2.45) is 0 Å². The first-order chi connectivity index (χ1) is 10.7. The summed E-state index contributed by atoms with van der Waals surface area (Å²) < 4.78 is 0. The fourth-order valence-electron chi connectivity index (χ4n) is 2.90. The average Bonchev–Trinajstić information content (AvgIpc) is 3.09. The van der Waals surface area contributed by atoms with Crippen molar-refractivity contribution in [3.8, 4) is 0 Å². The molecule has 0 spiro atoms. The molecule has 4 nitrogen and oxygen atoms in total. The van der Waals surface area contributed by atoms with Crippen molar-refractivity contribution in [1.82, 2.24) is 9.97 Å². The molecule has 0 aliphatic heterocycles. The topological polar surface area (TPSA) is 60.8 Å². The molecule has 0 radical (unpaired) electrons. The van der Waals surface area contributed by atoms with Crippen molar-refractivity contribution in [2.45, 2.75) is 6.54 Å². The normalized spacial score (nSPS) is 11.3. The van der Waals surface area contributed by atoms with E-state index in [1.807, 2.05) is 18.2 Å². The van der Waals surface area contributed by atoms with Gasteiger partial charge in [0.25, 0.3) is 0 Å². The monoisotopic (exact) mass is 290 g/mol. The Labute approximate surface area is 128 Å². The predicted octanol–water partition coefficient (Wildman–Crippen LogP) is 3.87. The minimum Gasteiger partial charge on any atom is -0.399 e. The second-order valence-corrected chi connectivity index (χ2v) is 5.74. The number of nitrogens with two attached hydrogens (primary N) is 1. The Kier molecular flexibility index (Phi) is 2.82. The van der Waals surface area contributed by atoms with Crippen molar-refractivity contribution in [3.05, 3.63) is 60.3 Å². The molecule has 4 rings (SSSR count). The van der Waals surface area contributed by atoms with Gasteiger partial charge in [-0.25, -0.2) is 0 Å². The zero-order valence-electron chi connectivity index (χ0n) is 12.4. The van der Waals surface area contributed by atoms with Crippen LogP contribution in [0.1, 0.15) is 5.69 Å². The van der Waals surface area contributed by atoms with Crippen LogP contribution in [0.2, 0.25) is 0 Å². The quantitative estimate of drug-likeness (QED) is 0.502. The summed E-state index contributed by atoms with van der Waals surface area (Å²) in [5, 5.41) is 2.38. The van der Waals surface area contributed by atoms with Crippen molar-refractivity contribution < 1.29 is 0 Å². The highest BCUT2D eigenvalue weighted by atomic mass is 15.2. The number of H-pyrrole nitrogens is 2. The van der Waals surface area contributed by atoms with Crippen LogP contribution in [0.3, 0.4) is 0 Å². The van der Waals surface area contributed by atoms with Crippen molar-refractivity contribution in [3.63, 3.8) is 0 Å². The lowest BCUT2D eigenvalue weighted by Gasteiger charge is -2.16. The molecule has 0 bridgehead atoms. The molecule has 0 unspecified atom stereocenters. The SMILES string of the molecule is CN(Cc1cc2ccccc2[nH]1)c1cc2cc(N)ccc2[nH]1. The summed E-state index contributed by atoms with van der Waals surface area (Å²) in [5.41, 5.74) is 10.1. The summed E-state index contributed by atoms with van der Waals surface area (Å²) in [7, 11) is 2.08. The Morgan fingerprint density at radius 2 is 1.73 bits per heavy atom. The summed E-state index contributed by atoms with van der Waals surface area (Å²) >= 11 is 0. The van der Waals surface area contributed by atoms with E-state index in [1.54, 1.807) is 0 Å². The van der Waals surface area contributed by atoms with Crippen LogP contribution >= 0.6 is 0 Å². The Balaban J connectivity index is 1.63. The van der Waals surface area contributed by atoms with Crippen LogP contribution in [0.5, 0.6) is 0 Å². The zero-order valence-corrected chi connectivity index (χ0v) is 12.4. The Morgan fingerprint density at radius 1 is 0.909 bits per heavy atom. The summed E-state index contributed by atoms with van der Waals surface area (Å²) in [4.78, 5) is 9.09. The van der Waals surface area contributed by atoms with Gasteiger partial charge in [0.05, 0.1) is 6.54 Å². The fraction of sp³-hybridized carbons (Fsp3) is 0.111. The number of rotatable bonds is 3. The molecule has 2 heterocycles. The molecular weight excluding hydrogens is 272 g/mol. The number of nitrogens with zero attached hydrogens (tertiary/aromatic N) is 1. The minimum absolute atomic E-state index is 0.788. The van der Waals surface area contributed by atoms with Gasteiger partial charge in [0.1, 0.15) is 5.82 Å². The molecule has 0 atom stereocenters. The molecule has 0 amide bonds. The lowest BCUT2D eigenvalue weighted by atomic mass is 10.2. The average molecular weight is 290 g/mol. The number of aromatic nitrogens is 2. The van der Waals surface area contributed by atoms with Gasteiger partial charge in [0.2, 0.25) is 0 Å². The molecule has 0 aliphatic rings. The summed E-state index contributed by atoms with van der Waals surface area (Å²) in [6.07, 6.45) is 0. The number of aromatic amines is 2. The second-order valence-electron chi connectivity index (χ2n) is 5.74. The Hall–Kier alpha value is -2.88. The van der Waals surface area contributed by atoms with Crippen LogP contribution in [-0.2, 0) is 6.54 Å². The highest BCUT2D eigenvalue weighted by Gasteiger charge is 2.08. The molecule has 0 saturated carbocycles. The van der Waals surface area contributed by atoms with Crippen LogP contribution in [0.15, 0.2) is 54.6 Å². The van der Waals surface area contributed by atoms with E-state index in [4.69, 9.17) is 5.73 Å². The van der Waals surface area contributed by atoms with Gasteiger partial charge in [-0.15, -0.1) is 0 Å². The number of fused-ring (bicyclic) bond motifs is 2. The molecule has 0 aliphatic carbocycles. The van der Waals surface area contributed by atoms with Crippen LogP contribution in [0, 0.1) is 0 Å². The van der Waals surface area contributed by atoms with Gasteiger partial charge in [0, 0.05) is 34.8 Å². The third-order valence-corrected chi connectivity index (χ3v) is 4.04. The molecule has 22 heavy (non-hydrogen) atoms. The molecule has 4 heteroatoms. The molecule has 0 saturated heterocycles. The molecule has 2 aromatic carbocycles. The number of nitrogen functional groups attached to an aromatic ring is 1. The van der Waals surface area contributed by atoms with Crippen LogP contribution < -0.4 is 10.6 Å². The summed E-state index contributed by atoms with van der Waals surface area (Å²) in [5.74, 6) is 1.08. The first-order valence-electron chi connectivity index (χ1n) is 7.35. The molecule has 0 fully saturated rings. The number of nitrogens with one attached hydrogen (secondary N) is 2. The van der Waals surface area contributed by atoms with E-state index >= 15 is 0 Å². The molecule has 2 aromatic heterocycles. The van der Waals surface area contributed by atoms with E-state index in [2.05, 4.69) is 58.3 Å². The van der Waals surface area contributed by atoms with Gasteiger partial charge in [-0.05, 0) is 41.8 Å². The van der Waals surface area contributed by atoms with Gasteiger partial charge in [-0.2, -0.15) is 0 Å². The number of benzene rings is 2. The van der Waals surface area contributed by atoms with Gasteiger partial charge < -0.3 is 20.6 Å². The number of para-hydroxylation sites is 1. The second kappa shape index (κ2) is 4.84. The maximum atomic E-state index is 5.84. The van der Waals surface area contributed by atoms with Crippen LogP contribution in [0.4, 0.5) is 11.5 Å². The number of anilines is 2. The predicted molar refractivity (Wildman–Crippen MR) is 93.1 cm³/mol. The van der Waals surface area contributed by atoms with Crippen molar-refractivity contribution in [1.29, 1.82) is 0 Å². The van der Waals surface area contributed by atoms with E-state index in [9.17, 15) is 0 Å². The lowest BCUT2D eigenvalue weighted by molar-refractivity contribution is 0.884. The van der Waals surface area contributed by atoms with Crippen molar-refractivity contribution in [2.75, 3.05) is 17.7 Å². The smallest absolute Gasteiger partial charge is 0.107 e.